The van der Waals surface area contributed by atoms with Gasteiger partial charge in [-0.3, -0.25) is 0 Å². The highest BCUT2D eigenvalue weighted by Crippen LogP contribution is 2.33. The quantitative estimate of drug-likeness (QED) is 0.107. The summed E-state index contributed by atoms with van der Waals surface area (Å²) in [5.74, 6) is 0. The lowest BCUT2D eigenvalue weighted by atomic mass is 9.99. The number of benzene rings is 2. The molecular weight excluding hydrogens is 620 g/mol. The molecule has 2 aliphatic heterocycles. The second-order valence-electron chi connectivity index (χ2n) is 11.7. The molecule has 0 aliphatic carbocycles. The summed E-state index contributed by atoms with van der Waals surface area (Å²) in [6.07, 6.45) is -8.01. The van der Waals surface area contributed by atoms with Gasteiger partial charge in [0.2, 0.25) is 0 Å². The lowest BCUT2D eigenvalue weighted by Gasteiger charge is -2.27. The van der Waals surface area contributed by atoms with Crippen molar-refractivity contribution in [1.29, 1.82) is 0 Å². The van der Waals surface area contributed by atoms with E-state index in [1.54, 1.807) is 6.07 Å². The maximum Gasteiger partial charge on any atom is 0.296 e. The summed E-state index contributed by atoms with van der Waals surface area (Å²) in [7, 11) is 0. The Hall–Kier alpha value is -3.21. The minimum absolute atomic E-state index is 0.0356. The van der Waals surface area contributed by atoms with Crippen LogP contribution in [0.4, 0.5) is 0 Å². The molecule has 2 aromatic carbocycles. The van der Waals surface area contributed by atoms with E-state index in [-0.39, 0.29) is 37.9 Å². The van der Waals surface area contributed by atoms with E-state index in [0.717, 1.165) is 22.3 Å². The number of aromatic amines is 1. The van der Waals surface area contributed by atoms with Gasteiger partial charge in [0.1, 0.15) is 36.6 Å². The summed E-state index contributed by atoms with van der Waals surface area (Å²) in [4.78, 5) is 12.3. The number of halogens is 1. The molecule has 1 unspecified atom stereocenters. The Kier molecular flexibility index (Phi) is 9.87. The summed E-state index contributed by atoms with van der Waals surface area (Å²) in [6.45, 7) is 1.63. The zero-order valence-electron chi connectivity index (χ0n) is 24.9. The largest absolute Gasteiger partial charge is 0.456 e. The molecule has 4 aromatic rings. The fourth-order valence-electron chi connectivity index (χ4n) is 5.73. The van der Waals surface area contributed by atoms with E-state index in [2.05, 4.69) is 20.3 Å². The van der Waals surface area contributed by atoms with Crippen molar-refractivity contribution in [2.24, 2.45) is 0 Å². The molecule has 0 radical (unpaired) electrons. The molecule has 9 atom stereocenters. The number of H-pyrrole nitrogens is 1. The van der Waals surface area contributed by atoms with E-state index in [4.69, 9.17) is 30.9 Å². The Bertz CT molecular complexity index is 1620. The number of aromatic nitrogens is 3. The first kappa shape index (κ1) is 32.7. The Balaban J connectivity index is 1.08. The highest BCUT2D eigenvalue weighted by molar-refractivity contribution is 6.33. The molecule has 0 bridgehead atoms. The van der Waals surface area contributed by atoms with Crippen LogP contribution in [0.5, 0.6) is 6.01 Å². The predicted octanol–water partition coefficient (Wildman–Crippen LogP) is 0.938. The van der Waals surface area contributed by atoms with E-state index in [1.807, 2.05) is 55.5 Å². The number of hydrogen-bond acceptors (Lipinski definition) is 12. The molecule has 2 saturated heterocycles. The first-order chi connectivity index (χ1) is 22.1. The lowest BCUT2D eigenvalue weighted by molar-refractivity contribution is -0.114. The molecule has 13 nitrogen and oxygen atoms in total. The highest BCUT2D eigenvalue weighted by atomic mass is 35.5. The van der Waals surface area contributed by atoms with Crippen molar-refractivity contribution in [3.05, 3.63) is 65.2 Å². The van der Waals surface area contributed by atoms with Crippen LogP contribution in [0, 0.1) is 0 Å². The van der Waals surface area contributed by atoms with Gasteiger partial charge in [-0.1, -0.05) is 60.1 Å². The minimum Gasteiger partial charge on any atom is -0.456 e. The second kappa shape index (κ2) is 13.9. The zero-order valence-corrected chi connectivity index (χ0v) is 25.7. The third-order valence-electron chi connectivity index (χ3n) is 8.51. The average molecular weight is 657 g/mol. The number of nitrogens with one attached hydrogen (secondary N) is 2. The van der Waals surface area contributed by atoms with Crippen LogP contribution in [-0.2, 0) is 9.47 Å². The molecule has 2 aliphatic rings. The van der Waals surface area contributed by atoms with Crippen molar-refractivity contribution in [2.75, 3.05) is 26.4 Å². The number of nitrogens with zero attached hydrogens (tertiary/aromatic N) is 2. The van der Waals surface area contributed by atoms with Crippen molar-refractivity contribution in [1.82, 2.24) is 20.3 Å². The normalized spacial score (nSPS) is 24.4. The van der Waals surface area contributed by atoms with Crippen LogP contribution in [0.25, 0.3) is 33.5 Å². The molecule has 0 saturated carbocycles. The molecule has 46 heavy (non-hydrogen) atoms. The van der Waals surface area contributed by atoms with Crippen molar-refractivity contribution < 1.29 is 44.8 Å². The van der Waals surface area contributed by atoms with Gasteiger partial charge in [-0.05, 0) is 29.7 Å². The molecule has 246 valence electrons. The predicted molar refractivity (Wildman–Crippen MR) is 167 cm³/mol. The molecule has 6 rings (SSSR count). The van der Waals surface area contributed by atoms with Crippen molar-refractivity contribution in [3.8, 4) is 28.4 Å². The van der Waals surface area contributed by atoms with Crippen LogP contribution in [0.1, 0.15) is 18.5 Å². The molecule has 2 fully saturated rings. The van der Waals surface area contributed by atoms with E-state index in [0.29, 0.717) is 21.9 Å². The lowest BCUT2D eigenvalue weighted by Crippen LogP contribution is -2.49. The van der Waals surface area contributed by atoms with Gasteiger partial charge >= 0.3 is 0 Å². The molecule has 14 heteroatoms. The summed E-state index contributed by atoms with van der Waals surface area (Å²) in [5.41, 5.74) is 5.36. The van der Waals surface area contributed by atoms with Crippen LogP contribution >= 0.6 is 11.6 Å². The first-order valence-electron chi connectivity index (χ1n) is 15.0. The summed E-state index contributed by atoms with van der Waals surface area (Å²) in [5, 5.41) is 62.0. The van der Waals surface area contributed by atoms with Crippen LogP contribution in [-0.4, -0.2) is 121 Å². The number of aliphatic hydroxyl groups excluding tert-OH is 6. The van der Waals surface area contributed by atoms with Gasteiger partial charge in [-0.2, -0.15) is 4.98 Å². The Morgan fingerprint density at radius 2 is 1.54 bits per heavy atom. The van der Waals surface area contributed by atoms with Gasteiger partial charge in [0.15, 0.2) is 11.8 Å². The number of pyridine rings is 1. The molecule has 0 spiro atoms. The molecular formula is C32H37ClN4O9. The Morgan fingerprint density at radius 3 is 2.24 bits per heavy atom. The van der Waals surface area contributed by atoms with Crippen molar-refractivity contribution >= 4 is 22.8 Å². The van der Waals surface area contributed by atoms with Crippen LogP contribution in [0.2, 0.25) is 5.02 Å². The molecule has 2 aromatic heterocycles. The number of hydrogen-bond donors (Lipinski definition) is 8. The van der Waals surface area contributed by atoms with Crippen LogP contribution < -0.4 is 10.1 Å². The summed E-state index contributed by atoms with van der Waals surface area (Å²) < 4.78 is 17.2. The highest BCUT2D eigenvalue weighted by Gasteiger charge is 2.48. The SMILES string of the molecule is CC(NC[C@H](O)[C@@H](O)[C@H](O)[C@H](O)CO)c1ccc(-c2ccc(-c3nc4nc(O[C@@H]5CO[C@H]6[C@@H]5OC[C@H]6O)[nH]c4cc3Cl)cc2)cc1. The van der Waals surface area contributed by atoms with Gasteiger partial charge in [0, 0.05) is 18.2 Å². The fraction of sp³-hybridized carbons (Fsp3) is 0.438. The van der Waals surface area contributed by atoms with Crippen molar-refractivity contribution in [3.63, 3.8) is 0 Å². The van der Waals surface area contributed by atoms with Gasteiger partial charge in [-0.25, -0.2) is 4.98 Å². The summed E-state index contributed by atoms with van der Waals surface area (Å²) in [6, 6.07) is 17.5. The van der Waals surface area contributed by atoms with Gasteiger partial charge in [0.05, 0.1) is 42.2 Å². The number of ether oxygens (including phenoxy) is 3. The maximum absolute atomic E-state index is 10.2. The zero-order chi connectivity index (χ0) is 32.5. The van der Waals surface area contributed by atoms with E-state index in [9.17, 15) is 25.5 Å². The van der Waals surface area contributed by atoms with E-state index < -0.39 is 49.3 Å². The van der Waals surface area contributed by atoms with Crippen molar-refractivity contribution in [2.45, 2.75) is 61.8 Å². The number of aliphatic hydroxyl groups is 6. The third-order valence-corrected chi connectivity index (χ3v) is 8.80. The Labute approximate surface area is 269 Å². The van der Waals surface area contributed by atoms with Gasteiger partial charge < -0.3 is 55.2 Å². The van der Waals surface area contributed by atoms with Gasteiger partial charge in [-0.15, -0.1) is 0 Å². The smallest absolute Gasteiger partial charge is 0.296 e. The maximum atomic E-state index is 10.2. The molecule has 4 heterocycles. The first-order valence-corrected chi connectivity index (χ1v) is 15.4. The number of imidazole rings is 1. The average Bonchev–Trinajstić information content (AvgIpc) is 3.78. The van der Waals surface area contributed by atoms with E-state index in [1.165, 1.54) is 0 Å². The number of fused-ring (bicyclic) bond motifs is 2. The van der Waals surface area contributed by atoms with Crippen LogP contribution in [0.3, 0.4) is 0 Å². The van der Waals surface area contributed by atoms with Gasteiger partial charge in [0.25, 0.3) is 6.01 Å². The van der Waals surface area contributed by atoms with Crippen LogP contribution in [0.15, 0.2) is 54.6 Å². The topological polar surface area (TPSA) is 203 Å². The number of rotatable bonds is 12. The Morgan fingerprint density at radius 1 is 0.913 bits per heavy atom. The standard InChI is InChI=1S/C32H37ClN4O9/c1-15(34-11-22(39)27(42)28(43)23(40)12-38)16-2-4-17(5-3-16)18-6-8-19(9-7-18)26-20(33)10-21-31(36-26)37-32(35-21)46-25-14-45-29-24(41)13-44-30(25)29/h2-10,15,22-25,27-30,34,38-43H,11-14H2,1H3,(H,35,36,37)/t15?,22-,23+,24+,25+,27+,28+,29+,30+/m0/s1. The monoisotopic (exact) mass is 656 g/mol. The molecule has 0 amide bonds. The fourth-order valence-corrected chi connectivity index (χ4v) is 5.99. The molecule has 8 N–H and O–H groups in total. The summed E-state index contributed by atoms with van der Waals surface area (Å²) >= 11 is 6.62. The minimum atomic E-state index is -1.67. The second-order valence-corrected chi connectivity index (χ2v) is 12.1. The van der Waals surface area contributed by atoms with E-state index >= 15 is 0 Å². The third kappa shape index (κ3) is 6.75.